The molecule has 2 aromatic carbocycles. The number of hydrogen-bond donors (Lipinski definition) is 1. The van der Waals surface area contributed by atoms with Gasteiger partial charge in [0.2, 0.25) is 0 Å². The molecule has 0 aliphatic heterocycles. The van der Waals surface area contributed by atoms with Gasteiger partial charge in [0.1, 0.15) is 11.5 Å². The molecule has 2 aromatic rings. The number of aliphatic hydroxyl groups excluding tert-OH is 1. The fourth-order valence-electron chi connectivity index (χ4n) is 1.75. The molecule has 2 rings (SSSR count). The summed E-state index contributed by atoms with van der Waals surface area (Å²) in [6, 6.07) is 15.5. The molecule has 0 aliphatic carbocycles. The van der Waals surface area contributed by atoms with Crippen molar-refractivity contribution in [1.29, 1.82) is 0 Å². The van der Waals surface area contributed by atoms with Crippen LogP contribution < -0.4 is 9.47 Å². The first-order valence-electron chi connectivity index (χ1n) is 7.08. The number of methoxy groups -OCH3 is 2. The quantitative estimate of drug-likeness (QED) is 0.569. The highest BCUT2D eigenvalue weighted by Gasteiger charge is 1.99. The molecule has 0 fully saturated rings. The third-order valence-electron chi connectivity index (χ3n) is 3.17. The van der Waals surface area contributed by atoms with Gasteiger partial charge in [-0.2, -0.15) is 0 Å². The van der Waals surface area contributed by atoms with Crippen molar-refractivity contribution in [2.45, 2.75) is 23.9 Å². The fraction of sp³-hybridized carbons (Fsp3) is 0.333. The molecule has 0 saturated heterocycles. The number of aliphatic hydroxyl groups is 1. The second-order valence-electron chi connectivity index (χ2n) is 4.84. The lowest BCUT2D eigenvalue weighted by atomic mass is 10.1. The second kappa shape index (κ2) is 9.69. The number of benzene rings is 2. The number of halogens is 1. The lowest BCUT2D eigenvalue weighted by Gasteiger charge is -2.04. The highest BCUT2D eigenvalue weighted by Crippen LogP contribution is 2.23. The van der Waals surface area contributed by atoms with Gasteiger partial charge in [0.25, 0.3) is 0 Å². The van der Waals surface area contributed by atoms with E-state index in [1.165, 1.54) is 5.56 Å². The van der Waals surface area contributed by atoms with Gasteiger partial charge in [0, 0.05) is 3.92 Å². The standard InChI is InChI=1S/C9H11IO.C9H12O2/c2*1-7(10)8-3-5-9(11-2)6-4-8/h3-7H,1-2H3;3-7,10H,1-2H3. The summed E-state index contributed by atoms with van der Waals surface area (Å²) in [5.74, 6) is 1.74. The van der Waals surface area contributed by atoms with Crippen molar-refractivity contribution in [2.75, 3.05) is 14.2 Å². The van der Waals surface area contributed by atoms with E-state index in [-0.39, 0.29) is 0 Å². The van der Waals surface area contributed by atoms with Gasteiger partial charge in [-0.1, -0.05) is 46.9 Å². The summed E-state index contributed by atoms with van der Waals surface area (Å²) in [6.45, 7) is 3.91. The maximum atomic E-state index is 9.15. The Labute approximate surface area is 146 Å². The third kappa shape index (κ3) is 6.23. The van der Waals surface area contributed by atoms with Crippen molar-refractivity contribution in [2.24, 2.45) is 0 Å². The summed E-state index contributed by atoms with van der Waals surface area (Å²) < 4.78 is 10.6. The van der Waals surface area contributed by atoms with Crippen LogP contribution in [-0.2, 0) is 0 Å². The first-order valence-corrected chi connectivity index (χ1v) is 8.32. The Morgan fingerprint density at radius 2 is 1.14 bits per heavy atom. The largest absolute Gasteiger partial charge is 0.497 e. The summed E-state index contributed by atoms with van der Waals surface area (Å²) in [5.41, 5.74) is 2.25. The van der Waals surface area contributed by atoms with E-state index < -0.39 is 6.10 Å². The molecule has 0 bridgehead atoms. The number of rotatable bonds is 4. The van der Waals surface area contributed by atoms with E-state index in [9.17, 15) is 0 Å². The Bertz CT molecular complexity index is 482. The maximum absolute atomic E-state index is 9.15. The molecule has 120 valence electrons. The topological polar surface area (TPSA) is 38.7 Å². The monoisotopic (exact) mass is 414 g/mol. The van der Waals surface area contributed by atoms with E-state index in [0.717, 1.165) is 17.1 Å². The first kappa shape index (κ1) is 18.8. The number of hydrogen-bond acceptors (Lipinski definition) is 3. The normalized spacial score (nSPS) is 12.6. The predicted molar refractivity (Wildman–Crippen MR) is 99.1 cm³/mol. The van der Waals surface area contributed by atoms with Crippen LogP contribution in [0.2, 0.25) is 0 Å². The van der Waals surface area contributed by atoms with Gasteiger partial charge in [-0.25, -0.2) is 0 Å². The molecule has 2 atom stereocenters. The van der Waals surface area contributed by atoms with Crippen molar-refractivity contribution in [3.8, 4) is 11.5 Å². The molecule has 0 aliphatic rings. The summed E-state index contributed by atoms with van der Waals surface area (Å²) in [5, 5.41) is 9.15. The summed E-state index contributed by atoms with van der Waals surface area (Å²) in [7, 11) is 3.31. The van der Waals surface area contributed by atoms with Crippen molar-refractivity contribution in [3.05, 3.63) is 59.7 Å². The van der Waals surface area contributed by atoms with E-state index >= 15 is 0 Å². The van der Waals surface area contributed by atoms with Gasteiger partial charge < -0.3 is 14.6 Å². The van der Waals surface area contributed by atoms with E-state index in [1.54, 1.807) is 21.1 Å². The summed E-state index contributed by atoms with van der Waals surface area (Å²) in [4.78, 5) is 0. The zero-order chi connectivity index (χ0) is 16.5. The maximum Gasteiger partial charge on any atom is 0.118 e. The Balaban J connectivity index is 0.000000220. The Morgan fingerprint density at radius 1 is 0.773 bits per heavy atom. The smallest absolute Gasteiger partial charge is 0.118 e. The zero-order valence-electron chi connectivity index (χ0n) is 13.4. The molecule has 4 heteroatoms. The lowest BCUT2D eigenvalue weighted by Crippen LogP contribution is -1.90. The SMILES string of the molecule is COc1ccc(C(C)I)cc1.COc1ccc(C(C)O)cc1. The van der Waals surface area contributed by atoms with Gasteiger partial charge in [-0.15, -0.1) is 0 Å². The Morgan fingerprint density at radius 3 is 1.41 bits per heavy atom. The van der Waals surface area contributed by atoms with Crippen LogP contribution >= 0.6 is 22.6 Å². The van der Waals surface area contributed by atoms with E-state index in [0.29, 0.717) is 3.92 Å². The molecule has 3 nitrogen and oxygen atoms in total. The zero-order valence-corrected chi connectivity index (χ0v) is 15.6. The number of ether oxygens (including phenoxy) is 2. The first-order chi connectivity index (χ1) is 10.5. The van der Waals surface area contributed by atoms with Crippen molar-refractivity contribution in [3.63, 3.8) is 0 Å². The van der Waals surface area contributed by atoms with E-state index in [4.69, 9.17) is 14.6 Å². The molecular weight excluding hydrogens is 391 g/mol. The third-order valence-corrected chi connectivity index (χ3v) is 3.89. The molecule has 0 saturated carbocycles. The molecule has 1 N–H and O–H groups in total. The van der Waals surface area contributed by atoms with Gasteiger partial charge in [0.05, 0.1) is 20.3 Å². The van der Waals surface area contributed by atoms with Crippen molar-refractivity contribution >= 4 is 22.6 Å². The van der Waals surface area contributed by atoms with Crippen LogP contribution in [0.1, 0.15) is 35.0 Å². The molecule has 0 heterocycles. The molecule has 22 heavy (non-hydrogen) atoms. The van der Waals surface area contributed by atoms with Crippen LogP contribution in [0.5, 0.6) is 11.5 Å². The van der Waals surface area contributed by atoms with Crippen LogP contribution in [0.4, 0.5) is 0 Å². The average molecular weight is 414 g/mol. The minimum absolute atomic E-state index is 0.402. The molecular formula is C18H23IO3. The molecule has 2 unspecified atom stereocenters. The van der Waals surface area contributed by atoms with Gasteiger partial charge in [-0.05, 0) is 49.2 Å². The summed E-state index contributed by atoms with van der Waals surface area (Å²) >= 11 is 2.39. The summed E-state index contributed by atoms with van der Waals surface area (Å²) in [6.07, 6.45) is -0.402. The van der Waals surface area contributed by atoms with Gasteiger partial charge >= 0.3 is 0 Å². The molecule has 0 aromatic heterocycles. The van der Waals surface area contributed by atoms with Crippen LogP contribution in [0.3, 0.4) is 0 Å². The second-order valence-corrected chi connectivity index (χ2v) is 6.71. The number of alkyl halides is 1. The molecule has 0 amide bonds. The highest BCUT2D eigenvalue weighted by molar-refractivity contribution is 14.1. The van der Waals surface area contributed by atoms with Crippen LogP contribution in [-0.4, -0.2) is 19.3 Å². The van der Waals surface area contributed by atoms with Crippen molar-refractivity contribution in [1.82, 2.24) is 0 Å². The van der Waals surface area contributed by atoms with Crippen LogP contribution in [0.15, 0.2) is 48.5 Å². The fourth-order valence-corrected chi connectivity index (χ4v) is 2.17. The van der Waals surface area contributed by atoms with Crippen molar-refractivity contribution < 1.29 is 14.6 Å². The van der Waals surface area contributed by atoms with E-state index in [2.05, 4.69) is 41.6 Å². The predicted octanol–water partition coefficient (Wildman–Crippen LogP) is 4.94. The Hall–Kier alpha value is -1.27. The Kier molecular flexibility index (Phi) is 8.27. The minimum Gasteiger partial charge on any atom is -0.497 e. The average Bonchev–Trinajstić information content (AvgIpc) is 2.55. The highest BCUT2D eigenvalue weighted by atomic mass is 127. The van der Waals surface area contributed by atoms with E-state index in [1.807, 2.05) is 36.4 Å². The molecule has 0 spiro atoms. The van der Waals surface area contributed by atoms with Gasteiger partial charge in [-0.3, -0.25) is 0 Å². The lowest BCUT2D eigenvalue weighted by molar-refractivity contribution is 0.199. The molecule has 0 radical (unpaired) electrons. The minimum atomic E-state index is -0.402. The van der Waals surface area contributed by atoms with Crippen LogP contribution in [0.25, 0.3) is 0 Å². The van der Waals surface area contributed by atoms with Gasteiger partial charge in [0.15, 0.2) is 0 Å². The van der Waals surface area contributed by atoms with Crippen LogP contribution in [0, 0.1) is 0 Å².